The summed E-state index contributed by atoms with van der Waals surface area (Å²) < 4.78 is 4.61. The molecule has 0 saturated carbocycles. The second-order valence-corrected chi connectivity index (χ2v) is 5.90. The molecule has 0 aliphatic heterocycles. The van der Waals surface area contributed by atoms with Crippen LogP contribution in [0.15, 0.2) is 36.5 Å². The van der Waals surface area contributed by atoms with Crippen LogP contribution < -0.4 is 0 Å². The van der Waals surface area contributed by atoms with Crippen LogP contribution in [0.5, 0.6) is 0 Å². The number of allylic oxidation sites excluding steroid dienone is 6. The third-order valence-electron chi connectivity index (χ3n) is 3.72. The molecule has 0 spiro atoms. The van der Waals surface area contributed by atoms with Gasteiger partial charge in [0.15, 0.2) is 0 Å². The molecule has 23 heavy (non-hydrogen) atoms. The first kappa shape index (κ1) is 21.7. The van der Waals surface area contributed by atoms with Crippen LogP contribution in [-0.4, -0.2) is 13.1 Å². The van der Waals surface area contributed by atoms with E-state index in [0.29, 0.717) is 6.42 Å². The molecule has 0 heterocycles. The van der Waals surface area contributed by atoms with E-state index in [1.165, 1.54) is 52.1 Å². The van der Waals surface area contributed by atoms with E-state index in [2.05, 4.69) is 48.1 Å². The fourth-order valence-electron chi connectivity index (χ4n) is 2.25. The Morgan fingerprint density at radius 1 is 0.739 bits per heavy atom. The molecule has 2 nitrogen and oxygen atoms in total. The maximum Gasteiger partial charge on any atom is 0.305 e. The molecule has 0 fully saturated rings. The molecular formula is C21H36O2. The van der Waals surface area contributed by atoms with Gasteiger partial charge in [-0.3, -0.25) is 4.79 Å². The molecule has 0 unspecified atom stereocenters. The number of unbranched alkanes of at least 4 members (excludes halogenated alkanes) is 7. The minimum Gasteiger partial charge on any atom is -0.469 e. The number of methoxy groups -OCH3 is 1. The smallest absolute Gasteiger partial charge is 0.305 e. The third-order valence-corrected chi connectivity index (χ3v) is 3.72. The first-order chi connectivity index (χ1) is 11.3. The van der Waals surface area contributed by atoms with Gasteiger partial charge in [-0.05, 0) is 57.8 Å². The molecule has 132 valence electrons. The number of ether oxygens (including phenoxy) is 1. The van der Waals surface area contributed by atoms with Gasteiger partial charge in [0.2, 0.25) is 0 Å². The molecule has 0 aromatic heterocycles. The minimum atomic E-state index is -0.110. The predicted molar refractivity (Wildman–Crippen MR) is 101 cm³/mol. The molecule has 0 atom stereocenters. The van der Waals surface area contributed by atoms with Gasteiger partial charge in [-0.15, -0.1) is 0 Å². The van der Waals surface area contributed by atoms with Crippen LogP contribution >= 0.6 is 0 Å². The Morgan fingerprint density at radius 3 is 1.74 bits per heavy atom. The Balaban J connectivity index is 3.28. The SMILES string of the molecule is CCCCC/C=C\C/C=C\CCCC/C=C\CCCC(=O)OC. The Bertz CT molecular complexity index is 340. The van der Waals surface area contributed by atoms with Crippen LogP contribution in [0.2, 0.25) is 0 Å². The molecule has 0 saturated heterocycles. The van der Waals surface area contributed by atoms with Crippen molar-refractivity contribution < 1.29 is 9.53 Å². The van der Waals surface area contributed by atoms with Gasteiger partial charge < -0.3 is 4.74 Å². The van der Waals surface area contributed by atoms with Gasteiger partial charge in [0.1, 0.15) is 0 Å². The van der Waals surface area contributed by atoms with Crippen LogP contribution in [0.4, 0.5) is 0 Å². The van der Waals surface area contributed by atoms with Crippen molar-refractivity contribution in [3.05, 3.63) is 36.5 Å². The van der Waals surface area contributed by atoms with Gasteiger partial charge in [-0.25, -0.2) is 0 Å². The van der Waals surface area contributed by atoms with Crippen molar-refractivity contribution in [2.45, 2.75) is 84.0 Å². The summed E-state index contributed by atoms with van der Waals surface area (Å²) in [7, 11) is 1.44. The van der Waals surface area contributed by atoms with E-state index in [4.69, 9.17) is 0 Å². The van der Waals surface area contributed by atoms with Crippen molar-refractivity contribution in [2.24, 2.45) is 0 Å². The van der Waals surface area contributed by atoms with E-state index in [1.807, 2.05) is 0 Å². The van der Waals surface area contributed by atoms with E-state index < -0.39 is 0 Å². The molecule has 0 aliphatic rings. The van der Waals surface area contributed by atoms with Gasteiger partial charge in [0.25, 0.3) is 0 Å². The van der Waals surface area contributed by atoms with Crippen LogP contribution in [-0.2, 0) is 9.53 Å². The molecule has 0 radical (unpaired) electrons. The van der Waals surface area contributed by atoms with Crippen molar-refractivity contribution in [3.8, 4) is 0 Å². The van der Waals surface area contributed by atoms with Gasteiger partial charge in [-0.1, -0.05) is 56.2 Å². The monoisotopic (exact) mass is 320 g/mol. The Labute approximate surface area is 143 Å². The van der Waals surface area contributed by atoms with Crippen molar-refractivity contribution in [1.82, 2.24) is 0 Å². The van der Waals surface area contributed by atoms with Crippen LogP contribution in [0.3, 0.4) is 0 Å². The Kier molecular flexibility index (Phi) is 17.7. The van der Waals surface area contributed by atoms with Crippen LogP contribution in [0.1, 0.15) is 84.0 Å². The predicted octanol–water partition coefficient (Wildman–Crippen LogP) is 6.53. The molecule has 2 heteroatoms. The summed E-state index contributed by atoms with van der Waals surface area (Å²) in [5.41, 5.74) is 0. The zero-order valence-corrected chi connectivity index (χ0v) is 15.3. The molecule has 0 bridgehead atoms. The zero-order chi connectivity index (χ0) is 17.0. The third kappa shape index (κ3) is 18.6. The highest BCUT2D eigenvalue weighted by molar-refractivity contribution is 5.68. The van der Waals surface area contributed by atoms with E-state index in [1.54, 1.807) is 0 Å². The first-order valence-corrected chi connectivity index (χ1v) is 9.33. The summed E-state index contributed by atoms with van der Waals surface area (Å²) in [5, 5.41) is 0. The highest BCUT2D eigenvalue weighted by atomic mass is 16.5. The summed E-state index contributed by atoms with van der Waals surface area (Å²) in [6.45, 7) is 2.24. The maximum absolute atomic E-state index is 10.9. The molecule has 0 N–H and O–H groups in total. The van der Waals surface area contributed by atoms with Crippen molar-refractivity contribution in [1.29, 1.82) is 0 Å². The highest BCUT2D eigenvalue weighted by Crippen LogP contribution is 2.05. The Morgan fingerprint density at radius 2 is 1.22 bits per heavy atom. The fourth-order valence-corrected chi connectivity index (χ4v) is 2.25. The summed E-state index contributed by atoms with van der Waals surface area (Å²) in [6.07, 6.45) is 27.1. The summed E-state index contributed by atoms with van der Waals surface area (Å²) >= 11 is 0. The average Bonchev–Trinajstić information content (AvgIpc) is 2.57. The lowest BCUT2D eigenvalue weighted by molar-refractivity contribution is -0.140. The number of hydrogen-bond acceptors (Lipinski definition) is 2. The lowest BCUT2D eigenvalue weighted by Crippen LogP contribution is -1.98. The van der Waals surface area contributed by atoms with Gasteiger partial charge in [0, 0.05) is 6.42 Å². The van der Waals surface area contributed by atoms with Crippen molar-refractivity contribution in [2.75, 3.05) is 7.11 Å². The molecule has 0 aliphatic carbocycles. The number of carbonyl (C=O) groups excluding carboxylic acids is 1. The molecule has 0 rings (SSSR count). The van der Waals surface area contributed by atoms with Crippen LogP contribution in [0, 0.1) is 0 Å². The second kappa shape index (κ2) is 18.7. The molecule has 0 amide bonds. The first-order valence-electron chi connectivity index (χ1n) is 9.33. The van der Waals surface area contributed by atoms with Crippen molar-refractivity contribution >= 4 is 5.97 Å². The number of carbonyl (C=O) groups is 1. The standard InChI is InChI=1S/C21H36O2/c1-3-4-5-6-7-8-9-10-11-12-13-14-15-16-17-18-19-20-21(22)23-2/h7-8,10-11,16-17H,3-6,9,12-15,18-20H2,1-2H3/b8-7-,11-10-,17-16-. The Hall–Kier alpha value is -1.31. The van der Waals surface area contributed by atoms with E-state index in [-0.39, 0.29) is 5.97 Å². The van der Waals surface area contributed by atoms with Gasteiger partial charge in [0.05, 0.1) is 7.11 Å². The second-order valence-electron chi connectivity index (χ2n) is 5.90. The summed E-state index contributed by atoms with van der Waals surface area (Å²) in [6, 6.07) is 0. The minimum absolute atomic E-state index is 0.110. The summed E-state index contributed by atoms with van der Waals surface area (Å²) in [5.74, 6) is -0.110. The number of hydrogen-bond donors (Lipinski definition) is 0. The molecule has 0 aromatic carbocycles. The molecule has 0 aromatic rings. The van der Waals surface area contributed by atoms with E-state index >= 15 is 0 Å². The lowest BCUT2D eigenvalue weighted by Gasteiger charge is -1.96. The lowest BCUT2D eigenvalue weighted by atomic mass is 10.1. The van der Waals surface area contributed by atoms with Gasteiger partial charge in [-0.2, -0.15) is 0 Å². The summed E-state index contributed by atoms with van der Waals surface area (Å²) in [4.78, 5) is 10.9. The van der Waals surface area contributed by atoms with E-state index in [9.17, 15) is 4.79 Å². The molecular weight excluding hydrogens is 284 g/mol. The van der Waals surface area contributed by atoms with E-state index in [0.717, 1.165) is 25.7 Å². The fraction of sp³-hybridized carbons (Fsp3) is 0.667. The average molecular weight is 321 g/mol. The maximum atomic E-state index is 10.9. The normalized spacial score (nSPS) is 11.9. The number of esters is 1. The highest BCUT2D eigenvalue weighted by Gasteiger charge is 1.96. The topological polar surface area (TPSA) is 26.3 Å². The van der Waals surface area contributed by atoms with Gasteiger partial charge >= 0.3 is 5.97 Å². The zero-order valence-electron chi connectivity index (χ0n) is 15.3. The van der Waals surface area contributed by atoms with Crippen molar-refractivity contribution in [3.63, 3.8) is 0 Å². The quantitative estimate of drug-likeness (QED) is 0.195. The largest absolute Gasteiger partial charge is 0.469 e. The van der Waals surface area contributed by atoms with Crippen LogP contribution in [0.25, 0.3) is 0 Å². The number of rotatable bonds is 15.